The molecule has 9 heteroatoms. The average Bonchev–Trinajstić information content (AvgIpc) is 3.15. The summed E-state index contributed by atoms with van der Waals surface area (Å²) < 4.78 is 18.2. The van der Waals surface area contributed by atoms with Crippen molar-refractivity contribution in [1.29, 1.82) is 5.26 Å². The Morgan fingerprint density at radius 2 is 1.66 bits per heavy atom. The Bertz CT molecular complexity index is 883. The van der Waals surface area contributed by atoms with Crippen LogP contribution in [0.5, 0.6) is 11.5 Å². The summed E-state index contributed by atoms with van der Waals surface area (Å²) in [5, 5.41) is 9.94. The maximum Gasteiger partial charge on any atom is 0.266 e. The van der Waals surface area contributed by atoms with E-state index in [9.17, 15) is 10.1 Å². The van der Waals surface area contributed by atoms with E-state index in [0.717, 1.165) is 38.8 Å². The Morgan fingerprint density at radius 1 is 1.06 bits per heavy atom. The van der Waals surface area contributed by atoms with Gasteiger partial charge in [-0.3, -0.25) is 4.79 Å². The second-order valence-electron chi connectivity index (χ2n) is 8.23. The number of ether oxygens (including phenoxy) is 3. The normalized spacial score (nSPS) is 22.5. The van der Waals surface area contributed by atoms with Crippen LogP contribution in [0.15, 0.2) is 17.1 Å². The van der Waals surface area contributed by atoms with E-state index in [0.29, 0.717) is 46.0 Å². The van der Waals surface area contributed by atoms with E-state index in [-0.39, 0.29) is 5.92 Å². The highest BCUT2D eigenvalue weighted by atomic mass is 32.2. The maximum absolute atomic E-state index is 13.0. The zero-order valence-corrected chi connectivity index (χ0v) is 20.3. The third-order valence-electron chi connectivity index (χ3n) is 6.23. The SMILES string of the molecule is COC(=Nc1cc(OC)c(OC)cc1C#N)SN1CCC(C(=O)N2C(C)CCC2C)CC1. The number of likely N-dealkylation sites (tertiary alicyclic amines) is 1. The van der Waals surface area contributed by atoms with Gasteiger partial charge in [0.25, 0.3) is 5.23 Å². The van der Waals surface area contributed by atoms with Crippen molar-refractivity contribution in [3.05, 3.63) is 17.7 Å². The molecule has 0 spiro atoms. The first-order chi connectivity index (χ1) is 15.4. The van der Waals surface area contributed by atoms with Crippen LogP contribution in [0.3, 0.4) is 0 Å². The van der Waals surface area contributed by atoms with Gasteiger partial charge in [-0.1, -0.05) is 0 Å². The third-order valence-corrected chi connectivity index (χ3v) is 7.26. The van der Waals surface area contributed by atoms with Crippen LogP contribution in [0.1, 0.15) is 45.1 Å². The largest absolute Gasteiger partial charge is 0.493 e. The average molecular weight is 461 g/mol. The minimum absolute atomic E-state index is 0.0776. The van der Waals surface area contributed by atoms with Crippen LogP contribution >= 0.6 is 11.9 Å². The molecule has 0 saturated carbocycles. The van der Waals surface area contributed by atoms with Crippen molar-refractivity contribution in [3.8, 4) is 17.6 Å². The Hall–Kier alpha value is -2.44. The van der Waals surface area contributed by atoms with Crippen LogP contribution in [0.2, 0.25) is 0 Å². The van der Waals surface area contributed by atoms with Crippen LogP contribution in [0, 0.1) is 17.2 Å². The number of carbonyl (C=O) groups excluding carboxylic acids is 1. The number of methoxy groups -OCH3 is 3. The molecular weight excluding hydrogens is 428 g/mol. The van der Waals surface area contributed by atoms with Crippen molar-refractivity contribution in [1.82, 2.24) is 9.21 Å². The van der Waals surface area contributed by atoms with Crippen LogP contribution < -0.4 is 9.47 Å². The number of rotatable bonds is 5. The molecule has 32 heavy (non-hydrogen) atoms. The number of hydrogen-bond donors (Lipinski definition) is 0. The van der Waals surface area contributed by atoms with E-state index in [4.69, 9.17) is 14.2 Å². The van der Waals surface area contributed by atoms with E-state index >= 15 is 0 Å². The van der Waals surface area contributed by atoms with Gasteiger partial charge < -0.3 is 19.1 Å². The molecule has 3 rings (SSSR count). The molecule has 2 unspecified atom stereocenters. The highest BCUT2D eigenvalue weighted by Gasteiger charge is 2.36. The van der Waals surface area contributed by atoms with E-state index in [1.807, 2.05) is 0 Å². The molecule has 2 atom stereocenters. The zero-order valence-electron chi connectivity index (χ0n) is 19.5. The first-order valence-corrected chi connectivity index (χ1v) is 11.7. The highest BCUT2D eigenvalue weighted by Crippen LogP contribution is 2.36. The topological polar surface area (TPSA) is 87.4 Å². The zero-order chi connectivity index (χ0) is 23.3. The van der Waals surface area contributed by atoms with Crippen molar-refractivity contribution in [2.45, 2.75) is 51.6 Å². The van der Waals surface area contributed by atoms with Crippen LogP contribution in [-0.2, 0) is 9.53 Å². The summed E-state index contributed by atoms with van der Waals surface area (Å²) in [5.41, 5.74) is 0.826. The van der Waals surface area contributed by atoms with E-state index in [1.54, 1.807) is 26.4 Å². The smallest absolute Gasteiger partial charge is 0.266 e. The van der Waals surface area contributed by atoms with Crippen molar-refractivity contribution in [2.75, 3.05) is 34.4 Å². The number of piperidine rings is 1. The van der Waals surface area contributed by atoms with Crippen molar-refractivity contribution in [2.24, 2.45) is 10.9 Å². The molecule has 1 aromatic rings. The standard InChI is InChI=1S/C23H32N4O4S/c1-15-6-7-16(2)27(15)22(28)17-8-10-26(11-9-17)32-23(31-5)25-19-13-21(30-4)20(29-3)12-18(19)14-24/h12-13,15-17H,6-11H2,1-5H3. The second-order valence-corrected chi connectivity index (χ2v) is 9.28. The molecule has 0 bridgehead atoms. The lowest BCUT2D eigenvalue weighted by atomic mass is 9.96. The molecule has 1 aromatic carbocycles. The molecule has 2 aliphatic rings. The summed E-state index contributed by atoms with van der Waals surface area (Å²) in [7, 11) is 4.63. The minimum atomic E-state index is 0.0776. The van der Waals surface area contributed by atoms with Gasteiger partial charge >= 0.3 is 0 Å². The van der Waals surface area contributed by atoms with Crippen LogP contribution in [0.25, 0.3) is 0 Å². The number of amides is 1. The molecule has 174 valence electrons. The van der Waals surface area contributed by atoms with E-state index < -0.39 is 0 Å². The molecule has 0 N–H and O–H groups in total. The molecule has 2 aliphatic heterocycles. The summed E-state index contributed by atoms with van der Waals surface area (Å²) in [5.74, 6) is 1.35. The number of nitrogens with zero attached hydrogens (tertiary/aromatic N) is 4. The second kappa shape index (κ2) is 10.9. The van der Waals surface area contributed by atoms with Crippen LogP contribution in [0.4, 0.5) is 5.69 Å². The predicted octanol–water partition coefficient (Wildman–Crippen LogP) is 3.97. The fourth-order valence-electron chi connectivity index (χ4n) is 4.40. The lowest BCUT2D eigenvalue weighted by molar-refractivity contribution is -0.139. The van der Waals surface area contributed by atoms with Crippen molar-refractivity contribution >= 4 is 28.8 Å². The molecule has 2 heterocycles. The molecule has 8 nitrogen and oxygen atoms in total. The molecule has 2 fully saturated rings. The summed E-state index contributed by atoms with van der Waals surface area (Å²) in [6, 6.07) is 6.10. The first kappa shape index (κ1) is 24.2. The first-order valence-electron chi connectivity index (χ1n) is 11.0. The minimum Gasteiger partial charge on any atom is -0.493 e. The summed E-state index contributed by atoms with van der Waals surface area (Å²) in [6.45, 7) is 5.85. The number of nitriles is 1. The van der Waals surface area contributed by atoms with Gasteiger partial charge in [-0.15, -0.1) is 0 Å². The fraction of sp³-hybridized carbons (Fsp3) is 0.609. The maximum atomic E-state index is 13.0. The summed E-state index contributed by atoms with van der Waals surface area (Å²) >= 11 is 1.40. The summed E-state index contributed by atoms with van der Waals surface area (Å²) in [4.78, 5) is 19.7. The molecule has 0 aliphatic carbocycles. The van der Waals surface area contributed by atoms with Crippen molar-refractivity contribution in [3.63, 3.8) is 0 Å². The quantitative estimate of drug-likeness (QED) is 0.373. The van der Waals surface area contributed by atoms with Crippen molar-refractivity contribution < 1.29 is 19.0 Å². The lowest BCUT2D eigenvalue weighted by Crippen LogP contribution is -2.45. The lowest BCUT2D eigenvalue weighted by Gasteiger charge is -2.35. The van der Waals surface area contributed by atoms with Gasteiger partial charge in [0, 0.05) is 55.2 Å². The van der Waals surface area contributed by atoms with Gasteiger partial charge in [-0.05, 0) is 39.5 Å². The molecular formula is C23H32N4O4S. The molecule has 1 amide bonds. The Morgan fingerprint density at radius 3 is 2.19 bits per heavy atom. The fourth-order valence-corrected chi connectivity index (χ4v) is 5.22. The highest BCUT2D eigenvalue weighted by molar-refractivity contribution is 8.11. The number of hydrogen-bond acceptors (Lipinski definition) is 8. The number of benzene rings is 1. The molecule has 0 radical (unpaired) electrons. The monoisotopic (exact) mass is 460 g/mol. The van der Waals surface area contributed by atoms with Crippen LogP contribution in [-0.4, -0.2) is 66.8 Å². The number of aliphatic imine (C=N–C) groups is 1. The molecule has 2 saturated heterocycles. The summed E-state index contributed by atoms with van der Waals surface area (Å²) in [6.07, 6.45) is 3.82. The van der Waals surface area contributed by atoms with Gasteiger partial charge in [0.1, 0.15) is 6.07 Å². The van der Waals surface area contributed by atoms with Gasteiger partial charge in [-0.2, -0.15) is 5.26 Å². The Balaban J connectivity index is 1.65. The molecule has 0 aromatic heterocycles. The predicted molar refractivity (Wildman–Crippen MR) is 125 cm³/mol. The Kier molecular flexibility index (Phi) is 8.26. The van der Waals surface area contributed by atoms with Gasteiger partial charge in [0.2, 0.25) is 5.91 Å². The van der Waals surface area contributed by atoms with E-state index in [2.05, 4.69) is 34.1 Å². The van der Waals surface area contributed by atoms with E-state index in [1.165, 1.54) is 19.1 Å². The third kappa shape index (κ3) is 5.30. The number of carbonyl (C=O) groups is 1. The van der Waals surface area contributed by atoms with Gasteiger partial charge in [0.05, 0.1) is 32.6 Å². The Labute approximate surface area is 194 Å². The van der Waals surface area contributed by atoms with Gasteiger partial charge in [0.15, 0.2) is 11.5 Å². The van der Waals surface area contributed by atoms with Gasteiger partial charge in [-0.25, -0.2) is 9.30 Å².